The summed E-state index contributed by atoms with van der Waals surface area (Å²) in [5.74, 6) is 0.455. The minimum atomic E-state index is -0.273. The average Bonchev–Trinajstić information content (AvgIpc) is 3.42. The van der Waals surface area contributed by atoms with E-state index < -0.39 is 0 Å². The number of ether oxygens (including phenoxy) is 1. The zero-order valence-corrected chi connectivity index (χ0v) is 19.6. The third kappa shape index (κ3) is 5.60. The Labute approximate surface area is 191 Å². The number of anilines is 1. The molecule has 0 radical (unpaired) electrons. The van der Waals surface area contributed by atoms with Gasteiger partial charge in [0.05, 0.1) is 42.1 Å². The maximum atomic E-state index is 12.9. The van der Waals surface area contributed by atoms with Crippen molar-refractivity contribution >= 4 is 29.3 Å². The Morgan fingerprint density at radius 2 is 2.00 bits per heavy atom. The fraction of sp³-hybridized carbons (Fsp3) is 0.348. The highest BCUT2D eigenvalue weighted by Gasteiger charge is 2.20. The molecule has 0 aliphatic rings. The lowest BCUT2D eigenvalue weighted by Crippen LogP contribution is -2.31. The van der Waals surface area contributed by atoms with Crippen LogP contribution in [0.15, 0.2) is 52.2 Å². The molecule has 2 heterocycles. The maximum absolute atomic E-state index is 12.9. The monoisotopic (exact) mass is 456 g/mol. The smallest absolute Gasteiger partial charge is 0.253 e. The number of furan rings is 1. The number of para-hydroxylation sites is 1. The van der Waals surface area contributed by atoms with Crippen LogP contribution < -0.4 is 10.2 Å². The summed E-state index contributed by atoms with van der Waals surface area (Å²) < 4.78 is 12.5. The third-order valence-corrected chi connectivity index (χ3v) is 6.12. The van der Waals surface area contributed by atoms with Gasteiger partial charge in [0.2, 0.25) is 5.91 Å². The van der Waals surface area contributed by atoms with E-state index in [2.05, 4.69) is 14.9 Å². The second kappa shape index (κ2) is 11.0. The molecule has 0 aliphatic carbocycles. The Bertz CT molecular complexity index is 1060. The van der Waals surface area contributed by atoms with Crippen LogP contribution in [0.5, 0.6) is 0 Å². The molecule has 0 saturated carbocycles. The number of hydrogen-bond donors (Lipinski definition) is 1. The number of aromatic nitrogens is 2. The van der Waals surface area contributed by atoms with Crippen molar-refractivity contribution in [3.8, 4) is 0 Å². The van der Waals surface area contributed by atoms with Crippen LogP contribution in [0, 0.1) is 13.8 Å². The Morgan fingerprint density at radius 1 is 1.22 bits per heavy atom. The van der Waals surface area contributed by atoms with Gasteiger partial charge in [0.25, 0.3) is 5.91 Å². The molecule has 3 rings (SSSR count). The number of imidazole rings is 1. The van der Waals surface area contributed by atoms with E-state index in [9.17, 15) is 9.59 Å². The Hall–Kier alpha value is -3.04. The van der Waals surface area contributed by atoms with Gasteiger partial charge in [0, 0.05) is 26.4 Å². The van der Waals surface area contributed by atoms with Crippen LogP contribution in [0.3, 0.4) is 0 Å². The molecule has 1 N–H and O–H groups in total. The normalized spacial score (nSPS) is 10.9. The van der Waals surface area contributed by atoms with Crippen molar-refractivity contribution in [2.75, 3.05) is 31.4 Å². The molecule has 2 aromatic heterocycles. The Kier molecular flexibility index (Phi) is 8.13. The molecule has 0 bridgehead atoms. The van der Waals surface area contributed by atoms with E-state index in [1.165, 1.54) is 16.7 Å². The molecule has 2 amide bonds. The number of nitrogens with zero attached hydrogens (tertiary/aromatic N) is 3. The van der Waals surface area contributed by atoms with Crippen molar-refractivity contribution in [2.24, 2.45) is 0 Å². The summed E-state index contributed by atoms with van der Waals surface area (Å²) in [5.41, 5.74) is 2.96. The first-order valence-corrected chi connectivity index (χ1v) is 11.2. The van der Waals surface area contributed by atoms with Crippen LogP contribution in [0.1, 0.15) is 27.5 Å². The summed E-state index contributed by atoms with van der Waals surface area (Å²) in [5, 5.41) is 3.61. The lowest BCUT2D eigenvalue weighted by Gasteiger charge is -2.20. The molecular formula is C23H28N4O4S. The number of carbonyl (C=O) groups is 2. The highest BCUT2D eigenvalue weighted by atomic mass is 32.2. The van der Waals surface area contributed by atoms with Gasteiger partial charge >= 0.3 is 0 Å². The highest BCUT2D eigenvalue weighted by Crippen LogP contribution is 2.24. The number of hydrogen-bond acceptors (Lipinski definition) is 6. The van der Waals surface area contributed by atoms with Gasteiger partial charge in [-0.05, 0) is 38.1 Å². The van der Waals surface area contributed by atoms with Crippen molar-refractivity contribution in [3.05, 3.63) is 65.4 Å². The summed E-state index contributed by atoms with van der Waals surface area (Å²) in [6.07, 6.45) is 1.56. The van der Waals surface area contributed by atoms with Gasteiger partial charge in [-0.3, -0.25) is 9.59 Å². The summed E-state index contributed by atoms with van der Waals surface area (Å²) in [6.45, 7) is 5.48. The van der Waals surface area contributed by atoms with E-state index in [0.29, 0.717) is 30.2 Å². The van der Waals surface area contributed by atoms with Crippen LogP contribution in [-0.4, -0.2) is 47.9 Å². The minimum Gasteiger partial charge on any atom is -0.467 e. The van der Waals surface area contributed by atoms with E-state index in [4.69, 9.17) is 9.15 Å². The maximum Gasteiger partial charge on any atom is 0.253 e. The Balaban J connectivity index is 1.67. The molecule has 0 fully saturated rings. The number of methoxy groups -OCH3 is 1. The number of rotatable bonds is 10. The molecule has 0 atom stereocenters. The zero-order valence-electron chi connectivity index (χ0n) is 18.8. The molecule has 9 heteroatoms. The van der Waals surface area contributed by atoms with Gasteiger partial charge in [-0.1, -0.05) is 23.9 Å². The molecule has 0 spiro atoms. The molecular weight excluding hydrogens is 428 g/mol. The van der Waals surface area contributed by atoms with E-state index in [-0.39, 0.29) is 24.1 Å². The molecule has 32 heavy (non-hydrogen) atoms. The lowest BCUT2D eigenvalue weighted by molar-refractivity contribution is -0.115. The topological polar surface area (TPSA) is 89.6 Å². The van der Waals surface area contributed by atoms with Crippen molar-refractivity contribution in [2.45, 2.75) is 32.1 Å². The van der Waals surface area contributed by atoms with Crippen molar-refractivity contribution in [1.82, 2.24) is 14.9 Å². The third-order valence-electron chi connectivity index (χ3n) is 5.15. The SMILES string of the molecule is COCCn1c(SCC(=O)N(C)c2ccccc2C(=O)NCc2ccco2)nc(C)c1C. The van der Waals surface area contributed by atoms with E-state index in [0.717, 1.165) is 16.5 Å². The summed E-state index contributed by atoms with van der Waals surface area (Å²) in [6, 6.07) is 10.6. The summed E-state index contributed by atoms with van der Waals surface area (Å²) in [4.78, 5) is 31.8. The van der Waals surface area contributed by atoms with Gasteiger partial charge in [-0.25, -0.2) is 4.98 Å². The first-order valence-electron chi connectivity index (χ1n) is 10.2. The van der Waals surface area contributed by atoms with Gasteiger partial charge in [0.1, 0.15) is 5.76 Å². The molecule has 0 saturated heterocycles. The standard InChI is InChI=1S/C23H28N4O4S/c1-16-17(2)27(11-13-30-4)23(25-16)32-15-21(28)26(3)20-10-6-5-9-19(20)22(29)24-14-18-8-7-12-31-18/h5-10,12H,11,13-15H2,1-4H3,(H,24,29). The van der Waals surface area contributed by atoms with Crippen LogP contribution in [-0.2, 0) is 22.6 Å². The number of nitrogens with one attached hydrogen (secondary N) is 1. The Morgan fingerprint density at radius 3 is 2.72 bits per heavy atom. The van der Waals surface area contributed by atoms with E-state index in [1.54, 1.807) is 56.8 Å². The van der Waals surface area contributed by atoms with Gasteiger partial charge in [-0.15, -0.1) is 0 Å². The summed E-state index contributed by atoms with van der Waals surface area (Å²) in [7, 11) is 3.34. The largest absolute Gasteiger partial charge is 0.467 e. The number of carbonyl (C=O) groups excluding carboxylic acids is 2. The minimum absolute atomic E-state index is 0.127. The van der Waals surface area contributed by atoms with Crippen molar-refractivity contribution < 1.29 is 18.7 Å². The quantitative estimate of drug-likeness (QED) is 0.470. The van der Waals surface area contributed by atoms with Crippen LogP contribution >= 0.6 is 11.8 Å². The van der Waals surface area contributed by atoms with Gasteiger partial charge in [-0.2, -0.15) is 0 Å². The van der Waals surface area contributed by atoms with E-state index in [1.807, 2.05) is 13.8 Å². The fourth-order valence-corrected chi connectivity index (χ4v) is 4.20. The number of thioether (sulfide) groups is 1. The second-order valence-corrected chi connectivity index (χ2v) is 8.17. The average molecular weight is 457 g/mol. The molecule has 3 aromatic rings. The molecule has 0 unspecified atom stereocenters. The van der Waals surface area contributed by atoms with Crippen molar-refractivity contribution in [1.29, 1.82) is 0 Å². The van der Waals surface area contributed by atoms with Gasteiger partial charge in [0.15, 0.2) is 5.16 Å². The van der Waals surface area contributed by atoms with Crippen LogP contribution in [0.25, 0.3) is 0 Å². The van der Waals surface area contributed by atoms with Crippen LogP contribution in [0.2, 0.25) is 0 Å². The number of aryl methyl sites for hydroxylation is 1. The summed E-state index contributed by atoms with van der Waals surface area (Å²) >= 11 is 1.38. The second-order valence-electron chi connectivity index (χ2n) is 7.23. The molecule has 8 nitrogen and oxygen atoms in total. The lowest BCUT2D eigenvalue weighted by atomic mass is 10.1. The van der Waals surface area contributed by atoms with E-state index >= 15 is 0 Å². The number of amides is 2. The first-order chi connectivity index (χ1) is 15.4. The first kappa shape index (κ1) is 23.6. The molecule has 0 aliphatic heterocycles. The fourth-order valence-electron chi connectivity index (χ4n) is 3.17. The van der Waals surface area contributed by atoms with Gasteiger partial charge < -0.3 is 23.9 Å². The molecule has 1 aromatic carbocycles. The predicted octanol–water partition coefficient (Wildman–Crippen LogP) is 3.42. The predicted molar refractivity (Wildman–Crippen MR) is 124 cm³/mol. The zero-order chi connectivity index (χ0) is 23.1. The van der Waals surface area contributed by atoms with Crippen LogP contribution in [0.4, 0.5) is 5.69 Å². The highest BCUT2D eigenvalue weighted by molar-refractivity contribution is 7.99. The number of benzene rings is 1. The van der Waals surface area contributed by atoms with Crippen molar-refractivity contribution in [3.63, 3.8) is 0 Å². The molecule has 170 valence electrons.